The first-order chi connectivity index (χ1) is 8.70. The Labute approximate surface area is 115 Å². The van der Waals surface area contributed by atoms with E-state index >= 15 is 0 Å². The molecule has 2 heterocycles. The van der Waals surface area contributed by atoms with Crippen LogP contribution in [0.3, 0.4) is 0 Å². The highest BCUT2D eigenvalue weighted by atomic mass is 32.1. The van der Waals surface area contributed by atoms with Crippen molar-refractivity contribution in [1.82, 2.24) is 10.2 Å². The van der Waals surface area contributed by atoms with E-state index in [1.165, 1.54) is 37.2 Å². The number of hydrogen-bond acceptors (Lipinski definition) is 3. The second-order valence-electron chi connectivity index (χ2n) is 5.70. The smallest absolute Gasteiger partial charge is 0.0464 e. The van der Waals surface area contributed by atoms with Crippen molar-refractivity contribution in [3.63, 3.8) is 0 Å². The number of thiophene rings is 1. The maximum atomic E-state index is 3.51. The molecule has 18 heavy (non-hydrogen) atoms. The molecule has 0 spiro atoms. The maximum absolute atomic E-state index is 3.51. The van der Waals surface area contributed by atoms with E-state index in [1.54, 1.807) is 0 Å². The Hall–Kier alpha value is -0.380. The van der Waals surface area contributed by atoms with Gasteiger partial charge in [0.25, 0.3) is 0 Å². The molecule has 3 heteroatoms. The van der Waals surface area contributed by atoms with Crippen molar-refractivity contribution in [2.45, 2.75) is 45.2 Å². The molecule has 2 atom stereocenters. The Morgan fingerprint density at radius 3 is 2.83 bits per heavy atom. The predicted molar refractivity (Wildman–Crippen MR) is 80.2 cm³/mol. The molecule has 0 aliphatic carbocycles. The van der Waals surface area contributed by atoms with Crippen molar-refractivity contribution in [3.8, 4) is 0 Å². The molecular formula is C15H26N2S. The molecule has 102 valence electrons. The molecule has 1 saturated heterocycles. The summed E-state index contributed by atoms with van der Waals surface area (Å²) in [6.07, 6.45) is 3.92. The van der Waals surface area contributed by atoms with E-state index < -0.39 is 0 Å². The number of nitrogens with one attached hydrogen (secondary N) is 1. The van der Waals surface area contributed by atoms with Gasteiger partial charge in [0.05, 0.1) is 0 Å². The van der Waals surface area contributed by atoms with Crippen LogP contribution in [0.15, 0.2) is 17.5 Å². The Balaban J connectivity index is 2.10. The van der Waals surface area contributed by atoms with Gasteiger partial charge in [-0.15, -0.1) is 11.3 Å². The fourth-order valence-corrected chi connectivity index (χ4v) is 4.14. The molecule has 2 unspecified atom stereocenters. The van der Waals surface area contributed by atoms with Crippen LogP contribution in [0.2, 0.25) is 0 Å². The molecule has 0 aromatic carbocycles. The number of nitrogens with zero attached hydrogens (tertiary/aromatic N) is 1. The Morgan fingerprint density at radius 2 is 2.17 bits per heavy atom. The second kappa shape index (κ2) is 6.69. The molecule has 1 fully saturated rings. The first-order valence-electron chi connectivity index (χ1n) is 7.16. The van der Waals surface area contributed by atoms with E-state index in [9.17, 15) is 0 Å². The van der Waals surface area contributed by atoms with Crippen molar-refractivity contribution in [2.24, 2.45) is 5.92 Å². The van der Waals surface area contributed by atoms with E-state index in [1.807, 2.05) is 11.3 Å². The Bertz CT molecular complexity index is 326. The standard InChI is InChI=1S/C15H26N2S/c1-12(2)15(14-7-5-11-18-14)17(3)13-6-4-9-16-10-8-13/h5,7,11-13,15-16H,4,6,8-10H2,1-3H3. The van der Waals surface area contributed by atoms with Gasteiger partial charge < -0.3 is 5.32 Å². The third-order valence-corrected chi connectivity index (χ3v) is 4.97. The third kappa shape index (κ3) is 3.34. The molecule has 1 aromatic heterocycles. The third-order valence-electron chi connectivity index (χ3n) is 4.03. The van der Waals surface area contributed by atoms with Crippen LogP contribution in [0.4, 0.5) is 0 Å². The maximum Gasteiger partial charge on any atom is 0.0464 e. The SMILES string of the molecule is CC(C)C(c1cccs1)N(C)C1CCCNCC1. The summed E-state index contributed by atoms with van der Waals surface area (Å²) in [7, 11) is 2.32. The molecule has 1 N–H and O–H groups in total. The van der Waals surface area contributed by atoms with Gasteiger partial charge in [-0.1, -0.05) is 19.9 Å². The van der Waals surface area contributed by atoms with E-state index in [-0.39, 0.29) is 0 Å². The molecule has 2 nitrogen and oxygen atoms in total. The summed E-state index contributed by atoms with van der Waals surface area (Å²) in [5, 5.41) is 5.71. The van der Waals surface area contributed by atoms with Gasteiger partial charge in [-0.25, -0.2) is 0 Å². The Morgan fingerprint density at radius 1 is 1.33 bits per heavy atom. The van der Waals surface area contributed by atoms with E-state index in [0.717, 1.165) is 6.04 Å². The Kier molecular flexibility index (Phi) is 5.22. The van der Waals surface area contributed by atoms with Gasteiger partial charge in [0.15, 0.2) is 0 Å². The fraction of sp³-hybridized carbons (Fsp3) is 0.733. The van der Waals surface area contributed by atoms with Crippen LogP contribution in [0.5, 0.6) is 0 Å². The molecular weight excluding hydrogens is 240 g/mol. The lowest BCUT2D eigenvalue weighted by atomic mass is 9.97. The predicted octanol–water partition coefficient (Wildman–Crippen LogP) is 3.52. The first-order valence-corrected chi connectivity index (χ1v) is 8.04. The zero-order valence-electron chi connectivity index (χ0n) is 11.9. The minimum absolute atomic E-state index is 0.577. The molecule has 0 amide bonds. The average molecular weight is 266 g/mol. The second-order valence-corrected chi connectivity index (χ2v) is 6.68. The van der Waals surface area contributed by atoms with Crippen LogP contribution in [0.1, 0.15) is 44.0 Å². The quantitative estimate of drug-likeness (QED) is 0.897. The van der Waals surface area contributed by atoms with Crippen LogP contribution in [-0.2, 0) is 0 Å². The molecule has 1 aliphatic rings. The summed E-state index contributed by atoms with van der Waals surface area (Å²) in [4.78, 5) is 4.15. The van der Waals surface area contributed by atoms with E-state index in [2.05, 4.69) is 48.6 Å². The summed E-state index contributed by atoms with van der Waals surface area (Å²) in [6, 6.07) is 5.78. The van der Waals surface area contributed by atoms with Crippen molar-refractivity contribution >= 4 is 11.3 Å². The van der Waals surface area contributed by atoms with Crippen LogP contribution >= 0.6 is 11.3 Å². The van der Waals surface area contributed by atoms with E-state index in [0.29, 0.717) is 12.0 Å². The van der Waals surface area contributed by atoms with Crippen LogP contribution < -0.4 is 5.32 Å². The van der Waals surface area contributed by atoms with Gasteiger partial charge >= 0.3 is 0 Å². The highest BCUT2D eigenvalue weighted by Crippen LogP contribution is 2.33. The lowest BCUT2D eigenvalue weighted by molar-refractivity contribution is 0.128. The zero-order chi connectivity index (χ0) is 13.0. The van der Waals surface area contributed by atoms with Crippen LogP contribution in [0, 0.1) is 5.92 Å². The van der Waals surface area contributed by atoms with Gasteiger partial charge in [0.1, 0.15) is 0 Å². The highest BCUT2D eigenvalue weighted by molar-refractivity contribution is 7.10. The van der Waals surface area contributed by atoms with Gasteiger partial charge in [-0.2, -0.15) is 0 Å². The lowest BCUT2D eigenvalue weighted by Gasteiger charge is -2.36. The minimum Gasteiger partial charge on any atom is -0.317 e. The monoisotopic (exact) mass is 266 g/mol. The molecule has 0 saturated carbocycles. The van der Waals surface area contributed by atoms with Gasteiger partial charge in [0.2, 0.25) is 0 Å². The topological polar surface area (TPSA) is 15.3 Å². The highest BCUT2D eigenvalue weighted by Gasteiger charge is 2.27. The van der Waals surface area contributed by atoms with Crippen molar-refractivity contribution in [3.05, 3.63) is 22.4 Å². The van der Waals surface area contributed by atoms with Gasteiger partial charge in [0, 0.05) is 17.0 Å². The molecule has 0 bridgehead atoms. The lowest BCUT2D eigenvalue weighted by Crippen LogP contribution is -2.37. The van der Waals surface area contributed by atoms with E-state index in [4.69, 9.17) is 0 Å². The van der Waals surface area contributed by atoms with Crippen molar-refractivity contribution in [1.29, 1.82) is 0 Å². The fourth-order valence-electron chi connectivity index (χ4n) is 3.09. The normalized spacial score (nSPS) is 23.3. The molecule has 0 radical (unpaired) electrons. The number of hydrogen-bond donors (Lipinski definition) is 1. The van der Waals surface area contributed by atoms with Gasteiger partial charge in [-0.3, -0.25) is 4.90 Å². The molecule has 2 rings (SSSR count). The zero-order valence-corrected chi connectivity index (χ0v) is 12.7. The minimum atomic E-state index is 0.577. The number of rotatable bonds is 4. The first kappa shape index (κ1) is 14.0. The summed E-state index contributed by atoms with van der Waals surface area (Å²) in [5.41, 5.74) is 0. The largest absolute Gasteiger partial charge is 0.317 e. The average Bonchev–Trinajstić information content (AvgIpc) is 2.70. The summed E-state index contributed by atoms with van der Waals surface area (Å²) >= 11 is 1.90. The summed E-state index contributed by atoms with van der Waals surface area (Å²) in [6.45, 7) is 7.05. The van der Waals surface area contributed by atoms with Gasteiger partial charge in [-0.05, 0) is 56.8 Å². The molecule has 1 aromatic rings. The van der Waals surface area contributed by atoms with Crippen LogP contribution in [0.25, 0.3) is 0 Å². The summed E-state index contributed by atoms with van der Waals surface area (Å²) < 4.78 is 0. The van der Waals surface area contributed by atoms with Crippen LogP contribution in [-0.4, -0.2) is 31.1 Å². The van der Waals surface area contributed by atoms with Crippen molar-refractivity contribution in [2.75, 3.05) is 20.1 Å². The van der Waals surface area contributed by atoms with Crippen molar-refractivity contribution < 1.29 is 0 Å². The summed E-state index contributed by atoms with van der Waals surface area (Å²) in [5.74, 6) is 0.671. The molecule has 1 aliphatic heterocycles.